The van der Waals surface area contributed by atoms with E-state index in [1.807, 2.05) is 30.3 Å². The summed E-state index contributed by atoms with van der Waals surface area (Å²) in [6.07, 6.45) is 0. The topological polar surface area (TPSA) is 50.4 Å². The minimum Gasteiger partial charge on any atom is -0.489 e. The minimum atomic E-state index is -0.816. The number of amides is 1. The lowest BCUT2D eigenvalue weighted by atomic mass is 10.2. The highest BCUT2D eigenvalue weighted by Crippen LogP contribution is 2.19. The second-order valence-electron chi connectivity index (χ2n) is 5.80. The third kappa shape index (κ3) is 5.28. The minimum absolute atomic E-state index is 0.127. The van der Waals surface area contributed by atoms with Crippen molar-refractivity contribution in [2.45, 2.75) is 6.61 Å². The van der Waals surface area contributed by atoms with E-state index in [-0.39, 0.29) is 6.54 Å². The number of anilines is 2. The van der Waals surface area contributed by atoms with Crippen LogP contribution in [0.25, 0.3) is 0 Å². The summed E-state index contributed by atoms with van der Waals surface area (Å²) in [7, 11) is 0. The number of halogens is 2. The van der Waals surface area contributed by atoms with E-state index < -0.39 is 23.2 Å². The summed E-state index contributed by atoms with van der Waals surface area (Å²) in [5, 5.41) is 5.11. The molecule has 0 fully saturated rings. The second kappa shape index (κ2) is 8.80. The SMILES string of the molecule is O=C(CNc1ccc(OCc2ccccc2)cc1)Nc1c(F)cccc1F. The van der Waals surface area contributed by atoms with Crippen LogP contribution in [0.2, 0.25) is 0 Å². The number of carbonyl (C=O) groups excluding carboxylic acids is 1. The fourth-order valence-electron chi connectivity index (χ4n) is 2.39. The van der Waals surface area contributed by atoms with Crippen molar-refractivity contribution in [2.24, 2.45) is 0 Å². The molecule has 3 aromatic carbocycles. The van der Waals surface area contributed by atoms with Crippen LogP contribution in [0.4, 0.5) is 20.2 Å². The second-order valence-corrected chi connectivity index (χ2v) is 5.80. The molecule has 27 heavy (non-hydrogen) atoms. The average Bonchev–Trinajstić information content (AvgIpc) is 2.69. The zero-order valence-electron chi connectivity index (χ0n) is 14.4. The maximum Gasteiger partial charge on any atom is 0.243 e. The standard InChI is InChI=1S/C21H18F2N2O2/c22-18-7-4-8-19(23)21(18)25-20(26)13-24-16-9-11-17(12-10-16)27-14-15-5-2-1-3-6-15/h1-12,24H,13-14H2,(H,25,26). The van der Waals surface area contributed by atoms with Crippen molar-refractivity contribution in [3.05, 3.63) is 90.0 Å². The van der Waals surface area contributed by atoms with Gasteiger partial charge in [-0.05, 0) is 42.0 Å². The van der Waals surface area contributed by atoms with Gasteiger partial charge in [0.05, 0.1) is 6.54 Å². The molecule has 0 aliphatic rings. The Hall–Kier alpha value is -3.41. The van der Waals surface area contributed by atoms with E-state index in [4.69, 9.17) is 4.74 Å². The third-order valence-corrected chi connectivity index (χ3v) is 3.78. The molecule has 3 aromatic rings. The molecule has 0 atom stereocenters. The smallest absolute Gasteiger partial charge is 0.243 e. The highest BCUT2D eigenvalue weighted by Gasteiger charge is 2.11. The molecule has 138 valence electrons. The summed E-state index contributed by atoms with van der Waals surface area (Å²) in [5.41, 5.74) is 1.30. The van der Waals surface area contributed by atoms with Gasteiger partial charge in [-0.25, -0.2) is 8.78 Å². The molecule has 0 aromatic heterocycles. The highest BCUT2D eigenvalue weighted by atomic mass is 19.1. The number of rotatable bonds is 7. The zero-order valence-corrected chi connectivity index (χ0v) is 14.4. The van der Waals surface area contributed by atoms with Crippen LogP contribution >= 0.6 is 0 Å². The maximum atomic E-state index is 13.5. The summed E-state index contributed by atoms with van der Waals surface area (Å²) < 4.78 is 32.7. The summed E-state index contributed by atoms with van der Waals surface area (Å²) >= 11 is 0. The van der Waals surface area contributed by atoms with E-state index in [1.165, 1.54) is 6.07 Å². The Balaban J connectivity index is 1.49. The monoisotopic (exact) mass is 368 g/mol. The predicted octanol–water partition coefficient (Wildman–Crippen LogP) is 4.59. The van der Waals surface area contributed by atoms with Crippen molar-refractivity contribution >= 4 is 17.3 Å². The Morgan fingerprint density at radius 2 is 1.52 bits per heavy atom. The third-order valence-electron chi connectivity index (χ3n) is 3.78. The number of benzene rings is 3. The van der Waals surface area contributed by atoms with Crippen LogP contribution in [-0.2, 0) is 11.4 Å². The maximum absolute atomic E-state index is 13.5. The molecule has 0 aliphatic carbocycles. The molecular formula is C21H18F2N2O2. The van der Waals surface area contributed by atoms with Gasteiger partial charge in [0.1, 0.15) is 29.7 Å². The summed E-state index contributed by atoms with van der Waals surface area (Å²) in [5.74, 6) is -1.49. The van der Waals surface area contributed by atoms with Crippen LogP contribution in [0.5, 0.6) is 5.75 Å². The van der Waals surface area contributed by atoms with Gasteiger partial charge in [0.15, 0.2) is 0 Å². The van der Waals surface area contributed by atoms with E-state index in [0.717, 1.165) is 17.7 Å². The number of para-hydroxylation sites is 1. The largest absolute Gasteiger partial charge is 0.489 e. The molecule has 3 rings (SSSR count). The van der Waals surface area contributed by atoms with Crippen LogP contribution < -0.4 is 15.4 Å². The average molecular weight is 368 g/mol. The molecule has 0 spiro atoms. The van der Waals surface area contributed by atoms with Crippen LogP contribution in [-0.4, -0.2) is 12.5 Å². The van der Waals surface area contributed by atoms with Crippen molar-refractivity contribution < 1.29 is 18.3 Å². The number of nitrogens with one attached hydrogen (secondary N) is 2. The first-order valence-corrected chi connectivity index (χ1v) is 8.36. The number of ether oxygens (including phenoxy) is 1. The lowest BCUT2D eigenvalue weighted by Gasteiger charge is -2.10. The molecule has 0 aliphatic heterocycles. The molecule has 6 heteroatoms. The van der Waals surface area contributed by atoms with Gasteiger partial charge in [-0.3, -0.25) is 4.79 Å². The number of hydrogen-bond donors (Lipinski definition) is 2. The van der Waals surface area contributed by atoms with Gasteiger partial charge in [-0.2, -0.15) is 0 Å². The van der Waals surface area contributed by atoms with Gasteiger partial charge >= 0.3 is 0 Å². The van der Waals surface area contributed by atoms with Crippen LogP contribution in [0.15, 0.2) is 72.8 Å². The zero-order chi connectivity index (χ0) is 19.1. The normalized spacial score (nSPS) is 10.3. The quantitative estimate of drug-likeness (QED) is 0.641. The lowest BCUT2D eigenvalue weighted by molar-refractivity contribution is -0.114. The van der Waals surface area contributed by atoms with Gasteiger partial charge < -0.3 is 15.4 Å². The lowest BCUT2D eigenvalue weighted by Crippen LogP contribution is -2.22. The van der Waals surface area contributed by atoms with E-state index in [2.05, 4.69) is 10.6 Å². The van der Waals surface area contributed by atoms with Crippen LogP contribution in [0.1, 0.15) is 5.56 Å². The van der Waals surface area contributed by atoms with Crippen molar-refractivity contribution in [3.8, 4) is 5.75 Å². The van der Waals surface area contributed by atoms with E-state index >= 15 is 0 Å². The Labute approximate surface area is 155 Å². The summed E-state index contributed by atoms with van der Waals surface area (Å²) in [4.78, 5) is 11.9. The fourth-order valence-corrected chi connectivity index (χ4v) is 2.39. The van der Waals surface area contributed by atoms with E-state index in [0.29, 0.717) is 18.0 Å². The van der Waals surface area contributed by atoms with Crippen molar-refractivity contribution in [1.82, 2.24) is 0 Å². The molecule has 0 saturated heterocycles. The Morgan fingerprint density at radius 1 is 0.852 bits per heavy atom. The van der Waals surface area contributed by atoms with Crippen molar-refractivity contribution in [1.29, 1.82) is 0 Å². The highest BCUT2D eigenvalue weighted by molar-refractivity contribution is 5.94. The van der Waals surface area contributed by atoms with Crippen LogP contribution in [0, 0.1) is 11.6 Å². The molecule has 0 saturated carbocycles. The molecule has 0 unspecified atom stereocenters. The molecule has 0 radical (unpaired) electrons. The van der Waals surface area contributed by atoms with Gasteiger partial charge in [-0.1, -0.05) is 36.4 Å². The molecular weight excluding hydrogens is 350 g/mol. The molecule has 0 heterocycles. The molecule has 2 N–H and O–H groups in total. The van der Waals surface area contributed by atoms with E-state index in [9.17, 15) is 13.6 Å². The summed E-state index contributed by atoms with van der Waals surface area (Å²) in [6.45, 7) is 0.336. The number of hydrogen-bond acceptors (Lipinski definition) is 3. The molecule has 4 nitrogen and oxygen atoms in total. The first kappa shape index (κ1) is 18.4. The first-order valence-electron chi connectivity index (χ1n) is 8.36. The Bertz CT molecular complexity index is 880. The molecule has 1 amide bonds. The van der Waals surface area contributed by atoms with Gasteiger partial charge in [0, 0.05) is 5.69 Å². The van der Waals surface area contributed by atoms with Crippen molar-refractivity contribution in [3.63, 3.8) is 0 Å². The van der Waals surface area contributed by atoms with Gasteiger partial charge in [0.25, 0.3) is 0 Å². The Kier molecular flexibility index (Phi) is 5.99. The van der Waals surface area contributed by atoms with Crippen LogP contribution in [0.3, 0.4) is 0 Å². The van der Waals surface area contributed by atoms with Gasteiger partial charge in [-0.15, -0.1) is 0 Å². The summed E-state index contributed by atoms with van der Waals surface area (Å²) in [6, 6.07) is 20.3. The van der Waals surface area contributed by atoms with Gasteiger partial charge in [0.2, 0.25) is 5.91 Å². The van der Waals surface area contributed by atoms with Crippen molar-refractivity contribution in [2.75, 3.05) is 17.2 Å². The molecule has 0 bridgehead atoms. The Morgan fingerprint density at radius 3 is 2.19 bits per heavy atom. The predicted molar refractivity (Wildman–Crippen MR) is 101 cm³/mol. The van der Waals surface area contributed by atoms with E-state index in [1.54, 1.807) is 24.3 Å². The first-order chi connectivity index (χ1) is 13.1. The fraction of sp³-hybridized carbons (Fsp3) is 0.0952. The number of carbonyl (C=O) groups is 1.